The lowest BCUT2D eigenvalue weighted by molar-refractivity contribution is 0.302. The van der Waals surface area contributed by atoms with E-state index in [0.717, 1.165) is 25.7 Å². The molecule has 17 heavy (non-hydrogen) atoms. The Bertz CT molecular complexity index is 278. The summed E-state index contributed by atoms with van der Waals surface area (Å²) >= 11 is 0. The van der Waals surface area contributed by atoms with Crippen molar-refractivity contribution in [1.82, 2.24) is 0 Å². The fourth-order valence-electron chi connectivity index (χ4n) is 1.65. The Morgan fingerprint density at radius 2 is 1.24 bits per heavy atom. The fourth-order valence-corrected chi connectivity index (χ4v) is 1.65. The molecule has 0 saturated heterocycles. The molecular formula is C16H28O. The largest absolute Gasteiger partial charge is 0.396 e. The summed E-state index contributed by atoms with van der Waals surface area (Å²) in [5.41, 5.74) is 4.27. The topological polar surface area (TPSA) is 20.2 Å². The first-order valence-corrected chi connectivity index (χ1v) is 6.61. The summed E-state index contributed by atoms with van der Waals surface area (Å²) in [6, 6.07) is 0. The molecule has 0 amide bonds. The predicted molar refractivity (Wildman–Crippen MR) is 77.1 cm³/mol. The van der Waals surface area contributed by atoms with E-state index >= 15 is 0 Å². The number of aliphatic hydroxyl groups excluding tert-OH is 1. The van der Waals surface area contributed by atoms with Gasteiger partial charge >= 0.3 is 0 Å². The molecule has 1 N–H and O–H groups in total. The van der Waals surface area contributed by atoms with Gasteiger partial charge < -0.3 is 5.11 Å². The zero-order valence-electron chi connectivity index (χ0n) is 11.9. The molecule has 0 saturated carbocycles. The average molecular weight is 236 g/mol. The lowest BCUT2D eigenvalue weighted by Gasteiger charge is -2.01. The van der Waals surface area contributed by atoms with Crippen LogP contribution in [0.4, 0.5) is 0 Å². The van der Waals surface area contributed by atoms with E-state index in [-0.39, 0.29) is 6.61 Å². The number of aliphatic hydroxyl groups is 1. The van der Waals surface area contributed by atoms with Gasteiger partial charge in [-0.2, -0.15) is 0 Å². The Hall–Kier alpha value is -0.820. The predicted octanol–water partition coefficient (Wildman–Crippen LogP) is 4.79. The lowest BCUT2D eigenvalue weighted by Crippen LogP contribution is -1.82. The highest BCUT2D eigenvalue weighted by atomic mass is 16.2. The van der Waals surface area contributed by atoms with Crippen LogP contribution >= 0.6 is 0 Å². The highest BCUT2D eigenvalue weighted by Crippen LogP contribution is 2.11. The van der Waals surface area contributed by atoms with Gasteiger partial charge in [0, 0.05) is 6.61 Å². The summed E-state index contributed by atoms with van der Waals surface area (Å²) in [7, 11) is 0. The second kappa shape index (κ2) is 10.3. The van der Waals surface area contributed by atoms with Crippen LogP contribution in [0.2, 0.25) is 0 Å². The summed E-state index contributed by atoms with van der Waals surface area (Å²) in [5, 5.41) is 8.71. The van der Waals surface area contributed by atoms with Crippen LogP contribution in [0.1, 0.15) is 59.8 Å². The van der Waals surface area contributed by atoms with Crippen LogP contribution in [0.5, 0.6) is 0 Å². The van der Waals surface area contributed by atoms with E-state index in [0.29, 0.717) is 0 Å². The Labute approximate surface area is 107 Å². The fraction of sp³-hybridized carbons (Fsp3) is 0.625. The maximum absolute atomic E-state index is 8.71. The van der Waals surface area contributed by atoms with Gasteiger partial charge in [0.25, 0.3) is 0 Å². The molecule has 98 valence electrons. The molecule has 0 fully saturated rings. The normalized spacial score (nSPS) is 12.8. The minimum absolute atomic E-state index is 0.259. The molecule has 0 atom stereocenters. The van der Waals surface area contributed by atoms with Crippen LogP contribution in [0, 0.1) is 0 Å². The third-order valence-electron chi connectivity index (χ3n) is 2.74. The Morgan fingerprint density at radius 3 is 1.71 bits per heavy atom. The van der Waals surface area contributed by atoms with Crippen molar-refractivity contribution >= 4 is 0 Å². The van der Waals surface area contributed by atoms with E-state index < -0.39 is 0 Å². The maximum Gasteiger partial charge on any atom is 0.0465 e. The first-order chi connectivity index (χ1) is 8.06. The Balaban J connectivity index is 3.80. The molecule has 0 heterocycles. The molecular weight excluding hydrogens is 208 g/mol. The molecule has 0 aromatic rings. The average Bonchev–Trinajstić information content (AvgIpc) is 2.25. The lowest BCUT2D eigenvalue weighted by atomic mass is 10.1. The van der Waals surface area contributed by atoms with Gasteiger partial charge in [-0.25, -0.2) is 0 Å². The molecule has 0 aromatic heterocycles. The number of hydrogen-bond donors (Lipinski definition) is 1. The monoisotopic (exact) mass is 236 g/mol. The van der Waals surface area contributed by atoms with Gasteiger partial charge in [0.05, 0.1) is 0 Å². The highest BCUT2D eigenvalue weighted by molar-refractivity contribution is 5.05. The Kier molecular flexibility index (Phi) is 9.84. The molecule has 1 heteroatoms. The molecule has 0 aliphatic heterocycles. The van der Waals surface area contributed by atoms with Gasteiger partial charge in [0.2, 0.25) is 0 Å². The Morgan fingerprint density at radius 1 is 0.765 bits per heavy atom. The van der Waals surface area contributed by atoms with Crippen LogP contribution in [-0.2, 0) is 0 Å². The van der Waals surface area contributed by atoms with E-state index in [1.165, 1.54) is 23.1 Å². The first kappa shape index (κ1) is 16.2. The summed E-state index contributed by atoms with van der Waals surface area (Å²) in [6.45, 7) is 8.91. The molecule has 1 nitrogen and oxygen atoms in total. The van der Waals surface area contributed by atoms with Crippen molar-refractivity contribution in [3.8, 4) is 0 Å². The highest BCUT2D eigenvalue weighted by Gasteiger charge is 1.91. The molecule has 0 spiro atoms. The van der Waals surface area contributed by atoms with Gasteiger partial charge in [-0.1, -0.05) is 34.9 Å². The standard InChI is InChI=1S/C16H28O/c1-14(2)8-5-9-15(3)10-6-11-16(4)12-7-13-17/h8,10,12,17H,5-7,9,11,13H2,1-4H3/b15-10-,16-12-. The second-order valence-electron chi connectivity index (χ2n) is 4.97. The van der Waals surface area contributed by atoms with E-state index in [1.807, 2.05) is 0 Å². The van der Waals surface area contributed by atoms with Gasteiger partial charge in [0.15, 0.2) is 0 Å². The SMILES string of the molecule is CC(C)=CCC/C(C)=C\CC/C(C)=C\CCO. The van der Waals surface area contributed by atoms with Gasteiger partial charge in [0.1, 0.15) is 0 Å². The van der Waals surface area contributed by atoms with Crippen molar-refractivity contribution in [2.24, 2.45) is 0 Å². The van der Waals surface area contributed by atoms with E-state index in [9.17, 15) is 0 Å². The van der Waals surface area contributed by atoms with Gasteiger partial charge in [-0.3, -0.25) is 0 Å². The molecule has 0 bridgehead atoms. The quantitative estimate of drug-likeness (QED) is 0.601. The van der Waals surface area contributed by atoms with Crippen molar-refractivity contribution in [2.45, 2.75) is 59.8 Å². The molecule has 0 radical (unpaired) electrons. The van der Waals surface area contributed by atoms with Gasteiger partial charge in [-0.15, -0.1) is 0 Å². The van der Waals surface area contributed by atoms with Crippen molar-refractivity contribution < 1.29 is 5.11 Å². The van der Waals surface area contributed by atoms with Crippen LogP contribution in [0.15, 0.2) is 34.9 Å². The summed E-state index contributed by atoms with van der Waals surface area (Å²) in [5.74, 6) is 0. The van der Waals surface area contributed by atoms with Crippen molar-refractivity contribution in [1.29, 1.82) is 0 Å². The molecule has 0 rings (SSSR count). The van der Waals surface area contributed by atoms with Gasteiger partial charge in [-0.05, 0) is 59.8 Å². The molecule has 0 aliphatic rings. The minimum Gasteiger partial charge on any atom is -0.396 e. The van der Waals surface area contributed by atoms with Crippen LogP contribution in [0.3, 0.4) is 0 Å². The smallest absolute Gasteiger partial charge is 0.0465 e. The van der Waals surface area contributed by atoms with Crippen LogP contribution < -0.4 is 0 Å². The zero-order chi connectivity index (χ0) is 13.1. The molecule has 0 aliphatic carbocycles. The number of allylic oxidation sites excluding steroid dienone is 5. The summed E-state index contributed by atoms with van der Waals surface area (Å²) in [4.78, 5) is 0. The van der Waals surface area contributed by atoms with Crippen molar-refractivity contribution in [2.75, 3.05) is 6.61 Å². The van der Waals surface area contributed by atoms with E-state index in [2.05, 4.69) is 45.9 Å². The molecule has 0 aromatic carbocycles. The maximum atomic E-state index is 8.71. The second-order valence-corrected chi connectivity index (χ2v) is 4.97. The number of hydrogen-bond acceptors (Lipinski definition) is 1. The summed E-state index contributed by atoms with van der Waals surface area (Å²) in [6.07, 6.45) is 12.1. The first-order valence-electron chi connectivity index (χ1n) is 6.61. The molecule has 0 unspecified atom stereocenters. The van der Waals surface area contributed by atoms with Crippen molar-refractivity contribution in [3.05, 3.63) is 34.9 Å². The van der Waals surface area contributed by atoms with E-state index in [1.54, 1.807) is 0 Å². The van der Waals surface area contributed by atoms with Crippen LogP contribution in [-0.4, -0.2) is 11.7 Å². The van der Waals surface area contributed by atoms with Crippen LogP contribution in [0.25, 0.3) is 0 Å². The number of rotatable bonds is 8. The minimum atomic E-state index is 0.259. The summed E-state index contributed by atoms with van der Waals surface area (Å²) < 4.78 is 0. The van der Waals surface area contributed by atoms with E-state index in [4.69, 9.17) is 5.11 Å². The zero-order valence-corrected chi connectivity index (χ0v) is 11.9. The third kappa shape index (κ3) is 11.4. The van der Waals surface area contributed by atoms with Crippen molar-refractivity contribution in [3.63, 3.8) is 0 Å². The third-order valence-corrected chi connectivity index (χ3v) is 2.74.